The predicted octanol–water partition coefficient (Wildman–Crippen LogP) is 9.41. The highest BCUT2D eigenvalue weighted by Crippen LogP contribution is 2.22. The first-order chi connectivity index (χ1) is 20.2. The van der Waals surface area contributed by atoms with E-state index in [1.54, 1.807) is 0 Å². The van der Waals surface area contributed by atoms with Gasteiger partial charge in [0.15, 0.2) is 5.84 Å². The Labute approximate surface area is 244 Å². The summed E-state index contributed by atoms with van der Waals surface area (Å²) in [4.78, 5) is 13.8. The second-order valence-corrected chi connectivity index (χ2v) is 9.75. The topological polar surface area (TPSA) is 37.1 Å². The SMILES string of the molecule is C=N/C(=N\C(=C/Cc1ccc(/C(C)=C/C=C2/C=CC=CC2)cc1)c1cccc(C/N=C\C=C/C)c1)c1ccccc1. The van der Waals surface area contributed by atoms with E-state index in [1.807, 2.05) is 55.6 Å². The fourth-order valence-electron chi connectivity index (χ4n) is 4.35. The number of rotatable bonds is 10. The van der Waals surface area contributed by atoms with Crippen LogP contribution in [0.2, 0.25) is 0 Å². The van der Waals surface area contributed by atoms with Crippen LogP contribution >= 0.6 is 0 Å². The molecule has 4 rings (SSSR count). The summed E-state index contributed by atoms with van der Waals surface area (Å²) >= 11 is 0. The highest BCUT2D eigenvalue weighted by molar-refractivity contribution is 6.04. The molecule has 0 aliphatic heterocycles. The van der Waals surface area contributed by atoms with Crippen LogP contribution < -0.4 is 0 Å². The minimum atomic E-state index is 0.599. The molecule has 3 heteroatoms. The Hall–Kier alpha value is -4.89. The highest BCUT2D eigenvalue weighted by Gasteiger charge is 2.07. The normalized spacial score (nSPS) is 15.4. The van der Waals surface area contributed by atoms with Gasteiger partial charge in [0.2, 0.25) is 0 Å². The molecule has 3 nitrogen and oxygen atoms in total. The molecule has 0 saturated heterocycles. The Bertz CT molecular complexity index is 1560. The molecule has 1 aliphatic carbocycles. The molecule has 0 fully saturated rings. The summed E-state index contributed by atoms with van der Waals surface area (Å²) in [6.45, 7) is 8.55. The molecule has 0 aromatic heterocycles. The zero-order chi connectivity index (χ0) is 28.7. The maximum Gasteiger partial charge on any atom is 0.159 e. The van der Waals surface area contributed by atoms with Crippen LogP contribution in [0.25, 0.3) is 11.3 Å². The van der Waals surface area contributed by atoms with Gasteiger partial charge in [-0.1, -0.05) is 121 Å². The van der Waals surface area contributed by atoms with Crippen LogP contribution in [0.5, 0.6) is 0 Å². The minimum Gasteiger partial charge on any atom is -0.288 e. The van der Waals surface area contributed by atoms with E-state index in [1.165, 1.54) is 22.3 Å². The van der Waals surface area contributed by atoms with Crippen LogP contribution in [0, 0.1) is 0 Å². The summed E-state index contributed by atoms with van der Waals surface area (Å²) in [6, 6.07) is 27.1. The first-order valence-corrected chi connectivity index (χ1v) is 14.0. The van der Waals surface area contributed by atoms with E-state index in [-0.39, 0.29) is 0 Å². The van der Waals surface area contributed by atoms with Gasteiger partial charge in [0.25, 0.3) is 0 Å². The van der Waals surface area contributed by atoms with Crippen molar-refractivity contribution >= 4 is 30.0 Å². The van der Waals surface area contributed by atoms with Crippen molar-refractivity contribution in [1.82, 2.24) is 0 Å². The number of nitrogens with zero attached hydrogens (tertiary/aromatic N) is 3. The van der Waals surface area contributed by atoms with Crippen molar-refractivity contribution in [1.29, 1.82) is 0 Å². The third-order valence-electron chi connectivity index (χ3n) is 6.69. The number of hydrogen-bond donors (Lipinski definition) is 0. The van der Waals surface area contributed by atoms with Gasteiger partial charge in [0, 0.05) is 17.3 Å². The zero-order valence-corrected chi connectivity index (χ0v) is 23.9. The van der Waals surface area contributed by atoms with Gasteiger partial charge in [0.05, 0.1) is 12.2 Å². The Morgan fingerprint density at radius 2 is 1.68 bits per heavy atom. The Morgan fingerprint density at radius 1 is 0.878 bits per heavy atom. The summed E-state index contributed by atoms with van der Waals surface area (Å²) in [7, 11) is 0. The smallest absolute Gasteiger partial charge is 0.159 e. The van der Waals surface area contributed by atoms with Crippen LogP contribution in [0.4, 0.5) is 0 Å². The number of hydrogen-bond acceptors (Lipinski definition) is 2. The van der Waals surface area contributed by atoms with E-state index in [0.29, 0.717) is 12.4 Å². The average molecular weight is 536 g/mol. The summed E-state index contributed by atoms with van der Waals surface area (Å²) in [5.74, 6) is 0.599. The third kappa shape index (κ3) is 9.08. The van der Waals surface area contributed by atoms with Gasteiger partial charge in [0.1, 0.15) is 0 Å². The van der Waals surface area contributed by atoms with Gasteiger partial charge in [-0.05, 0) is 73.4 Å². The first kappa shape index (κ1) is 29.1. The first-order valence-electron chi connectivity index (χ1n) is 14.0. The predicted molar refractivity (Wildman–Crippen MR) is 179 cm³/mol. The van der Waals surface area contributed by atoms with Crippen molar-refractivity contribution < 1.29 is 0 Å². The standard InChI is InChI=1S/C38H37N3/c1-4-5-27-40-29-33-15-12-18-36(28-33)37(41-38(39-3)35-16-10-7-11-17-35)26-23-32-21-24-34(25-22-32)30(2)19-20-31-13-8-6-9-14-31/h4-13,15-22,24-28H,3,14,23,29H2,1-2H3/b5-4-,30-19+,31-20-,37-26-,40-27-,41-38-. The lowest BCUT2D eigenvalue weighted by Gasteiger charge is -2.09. The molecule has 0 amide bonds. The Kier molecular flexibility index (Phi) is 11.1. The van der Waals surface area contributed by atoms with E-state index in [9.17, 15) is 0 Å². The number of benzene rings is 3. The number of aliphatic imine (C=N–C) groups is 3. The van der Waals surface area contributed by atoms with Gasteiger partial charge in [-0.3, -0.25) is 4.99 Å². The maximum absolute atomic E-state index is 4.99. The summed E-state index contributed by atoms with van der Waals surface area (Å²) in [6.07, 6.45) is 22.5. The molecule has 0 atom stereocenters. The van der Waals surface area contributed by atoms with E-state index >= 15 is 0 Å². The van der Waals surface area contributed by atoms with E-state index in [0.717, 1.165) is 35.2 Å². The number of amidine groups is 1. The second-order valence-electron chi connectivity index (χ2n) is 9.75. The Balaban J connectivity index is 1.60. The molecule has 3 aromatic rings. The van der Waals surface area contributed by atoms with Crippen LogP contribution in [-0.2, 0) is 13.0 Å². The molecule has 0 N–H and O–H groups in total. The zero-order valence-electron chi connectivity index (χ0n) is 23.9. The van der Waals surface area contributed by atoms with Gasteiger partial charge in [-0.2, -0.15) is 0 Å². The van der Waals surface area contributed by atoms with Gasteiger partial charge in [-0.25, -0.2) is 9.98 Å². The second kappa shape index (κ2) is 15.6. The number of allylic oxidation sites excluding steroid dienone is 11. The maximum atomic E-state index is 4.99. The molecule has 0 heterocycles. The summed E-state index contributed by atoms with van der Waals surface area (Å²) in [5.41, 5.74) is 8.93. The largest absolute Gasteiger partial charge is 0.288 e. The molecule has 41 heavy (non-hydrogen) atoms. The van der Waals surface area contributed by atoms with Crippen molar-refractivity contribution in [3.8, 4) is 0 Å². The van der Waals surface area contributed by atoms with Crippen molar-refractivity contribution in [2.75, 3.05) is 0 Å². The lowest BCUT2D eigenvalue weighted by molar-refractivity contribution is 1.08. The van der Waals surface area contributed by atoms with Gasteiger partial charge in [-0.15, -0.1) is 0 Å². The molecule has 0 radical (unpaired) electrons. The molecule has 204 valence electrons. The molecule has 0 spiro atoms. The molecular weight excluding hydrogens is 498 g/mol. The third-order valence-corrected chi connectivity index (χ3v) is 6.69. The van der Waals surface area contributed by atoms with E-state index < -0.39 is 0 Å². The minimum absolute atomic E-state index is 0.599. The fraction of sp³-hybridized carbons (Fsp3) is 0.132. The molecule has 0 saturated carbocycles. The quantitative estimate of drug-likeness (QED) is 0.183. The Morgan fingerprint density at radius 3 is 2.41 bits per heavy atom. The molecule has 0 bridgehead atoms. The van der Waals surface area contributed by atoms with Crippen LogP contribution in [0.1, 0.15) is 48.1 Å². The van der Waals surface area contributed by atoms with Gasteiger partial charge >= 0.3 is 0 Å². The van der Waals surface area contributed by atoms with Crippen LogP contribution in [-0.4, -0.2) is 18.8 Å². The molecular formula is C38H37N3. The summed E-state index contributed by atoms with van der Waals surface area (Å²) in [5, 5.41) is 0. The van der Waals surface area contributed by atoms with Crippen LogP contribution in [0.15, 0.2) is 154 Å². The lowest BCUT2D eigenvalue weighted by Crippen LogP contribution is -1.98. The van der Waals surface area contributed by atoms with Gasteiger partial charge < -0.3 is 0 Å². The fourth-order valence-corrected chi connectivity index (χ4v) is 4.35. The van der Waals surface area contributed by atoms with E-state index in [4.69, 9.17) is 4.99 Å². The molecule has 3 aromatic carbocycles. The summed E-state index contributed by atoms with van der Waals surface area (Å²) < 4.78 is 0. The van der Waals surface area contributed by atoms with Crippen molar-refractivity contribution in [2.45, 2.75) is 33.2 Å². The molecule has 1 aliphatic rings. The van der Waals surface area contributed by atoms with Crippen LogP contribution in [0.3, 0.4) is 0 Å². The van der Waals surface area contributed by atoms with E-state index in [2.05, 4.69) is 115 Å². The van der Waals surface area contributed by atoms with Crippen molar-refractivity contribution in [3.05, 3.63) is 167 Å². The monoisotopic (exact) mass is 535 g/mol. The van der Waals surface area contributed by atoms with Crippen molar-refractivity contribution in [2.24, 2.45) is 15.0 Å². The molecule has 0 unspecified atom stereocenters. The lowest BCUT2D eigenvalue weighted by atomic mass is 10.0. The van der Waals surface area contributed by atoms with Crippen molar-refractivity contribution in [3.63, 3.8) is 0 Å². The average Bonchev–Trinajstić information content (AvgIpc) is 3.03. The highest BCUT2D eigenvalue weighted by atomic mass is 14.9.